The number of morpholine rings is 1. The van der Waals surface area contributed by atoms with Crippen molar-refractivity contribution in [3.8, 4) is 0 Å². The zero-order valence-corrected chi connectivity index (χ0v) is 14.9. The first-order valence-electron chi connectivity index (χ1n) is 8.53. The Balaban J connectivity index is 1.52. The lowest BCUT2D eigenvalue weighted by Gasteiger charge is -2.32. The Bertz CT molecular complexity index is 707. The first kappa shape index (κ1) is 17.4. The van der Waals surface area contributed by atoms with Gasteiger partial charge in [-0.3, -0.25) is 4.79 Å². The predicted molar refractivity (Wildman–Crippen MR) is 93.4 cm³/mol. The number of anilines is 1. The molecule has 0 bridgehead atoms. The molecule has 1 amide bonds. The van der Waals surface area contributed by atoms with E-state index in [4.69, 9.17) is 9.26 Å². The van der Waals surface area contributed by atoms with Crippen molar-refractivity contribution in [1.82, 2.24) is 15.5 Å². The Hall–Kier alpha value is -2.41. The van der Waals surface area contributed by atoms with Crippen molar-refractivity contribution in [3.63, 3.8) is 0 Å². The number of ether oxygens (including phenoxy) is 1. The van der Waals surface area contributed by atoms with Crippen molar-refractivity contribution in [2.24, 2.45) is 0 Å². The summed E-state index contributed by atoms with van der Waals surface area (Å²) in [4.78, 5) is 18.8. The normalized spacial score (nSPS) is 17.6. The van der Waals surface area contributed by atoms with Gasteiger partial charge in [-0.05, 0) is 32.4 Å². The van der Waals surface area contributed by atoms with E-state index in [1.807, 2.05) is 32.2 Å². The molecule has 7 heteroatoms. The highest BCUT2D eigenvalue weighted by Gasteiger charge is 2.18. The monoisotopic (exact) mass is 344 g/mol. The Morgan fingerprint density at radius 3 is 2.88 bits per heavy atom. The molecular weight excluding hydrogens is 320 g/mol. The van der Waals surface area contributed by atoms with E-state index in [0.29, 0.717) is 12.3 Å². The summed E-state index contributed by atoms with van der Waals surface area (Å²) in [5.41, 5.74) is 2.59. The highest BCUT2D eigenvalue weighted by atomic mass is 16.5. The van der Waals surface area contributed by atoms with Crippen LogP contribution in [-0.2, 0) is 22.5 Å². The summed E-state index contributed by atoms with van der Waals surface area (Å²) in [5.74, 6) is 1.58. The molecular formula is C18H24N4O3. The fourth-order valence-electron chi connectivity index (χ4n) is 2.91. The average Bonchev–Trinajstić information content (AvgIpc) is 2.92. The molecule has 2 aromatic rings. The number of hydrogen-bond acceptors (Lipinski definition) is 6. The van der Waals surface area contributed by atoms with E-state index in [9.17, 15) is 4.79 Å². The van der Waals surface area contributed by atoms with Crippen molar-refractivity contribution in [2.45, 2.75) is 39.8 Å². The zero-order valence-electron chi connectivity index (χ0n) is 14.9. The lowest BCUT2D eigenvalue weighted by atomic mass is 10.1. The van der Waals surface area contributed by atoms with Gasteiger partial charge in [0.05, 0.1) is 24.8 Å². The van der Waals surface area contributed by atoms with E-state index < -0.39 is 0 Å². The molecule has 1 N–H and O–H groups in total. The second-order valence-electron chi connectivity index (χ2n) is 6.41. The molecule has 1 fully saturated rings. The van der Waals surface area contributed by atoms with Crippen molar-refractivity contribution >= 4 is 11.7 Å². The highest BCUT2D eigenvalue weighted by Crippen LogP contribution is 2.16. The van der Waals surface area contributed by atoms with E-state index in [1.54, 1.807) is 0 Å². The summed E-state index contributed by atoms with van der Waals surface area (Å²) in [7, 11) is 0. The van der Waals surface area contributed by atoms with Crippen molar-refractivity contribution in [3.05, 3.63) is 40.9 Å². The predicted octanol–water partition coefficient (Wildman–Crippen LogP) is 1.77. The molecule has 1 aliphatic rings. The SMILES string of the molecule is Cc1noc(C)c1CC(=O)NCc1ccc(N2CCO[C@H](C)C2)nc1. The molecule has 0 aliphatic carbocycles. The average molecular weight is 344 g/mol. The van der Waals surface area contributed by atoms with Crippen LogP contribution < -0.4 is 10.2 Å². The third-order valence-corrected chi connectivity index (χ3v) is 4.38. The maximum absolute atomic E-state index is 12.1. The van der Waals surface area contributed by atoms with Crippen LogP contribution in [0.3, 0.4) is 0 Å². The van der Waals surface area contributed by atoms with Crippen molar-refractivity contribution in [1.29, 1.82) is 0 Å². The number of rotatable bonds is 5. The van der Waals surface area contributed by atoms with Gasteiger partial charge in [0, 0.05) is 31.4 Å². The van der Waals surface area contributed by atoms with Crippen LogP contribution in [0.4, 0.5) is 5.82 Å². The minimum absolute atomic E-state index is 0.0551. The summed E-state index contributed by atoms with van der Waals surface area (Å²) in [6.45, 7) is 8.60. The lowest BCUT2D eigenvalue weighted by Crippen LogP contribution is -2.41. The molecule has 0 spiro atoms. The first-order valence-corrected chi connectivity index (χ1v) is 8.53. The number of nitrogens with one attached hydrogen (secondary N) is 1. The molecule has 3 heterocycles. The maximum atomic E-state index is 12.1. The zero-order chi connectivity index (χ0) is 17.8. The first-order chi connectivity index (χ1) is 12.0. The van der Waals surface area contributed by atoms with E-state index in [0.717, 1.165) is 42.3 Å². The lowest BCUT2D eigenvalue weighted by molar-refractivity contribution is -0.120. The Morgan fingerprint density at radius 1 is 1.40 bits per heavy atom. The quantitative estimate of drug-likeness (QED) is 0.890. The second-order valence-corrected chi connectivity index (χ2v) is 6.41. The van der Waals surface area contributed by atoms with Crippen LogP contribution in [0, 0.1) is 13.8 Å². The fourth-order valence-corrected chi connectivity index (χ4v) is 2.91. The van der Waals surface area contributed by atoms with Crippen LogP contribution in [0.15, 0.2) is 22.9 Å². The van der Waals surface area contributed by atoms with Gasteiger partial charge in [-0.15, -0.1) is 0 Å². The van der Waals surface area contributed by atoms with Gasteiger partial charge in [0.15, 0.2) is 0 Å². The summed E-state index contributed by atoms with van der Waals surface area (Å²) < 4.78 is 10.6. The number of carbonyl (C=O) groups is 1. The largest absolute Gasteiger partial charge is 0.375 e. The molecule has 0 unspecified atom stereocenters. The van der Waals surface area contributed by atoms with Gasteiger partial charge in [-0.1, -0.05) is 11.2 Å². The molecule has 1 aliphatic heterocycles. The van der Waals surface area contributed by atoms with Gasteiger partial charge >= 0.3 is 0 Å². The minimum atomic E-state index is -0.0551. The molecule has 0 radical (unpaired) electrons. The van der Waals surface area contributed by atoms with E-state index >= 15 is 0 Å². The molecule has 7 nitrogen and oxygen atoms in total. The summed E-state index contributed by atoms with van der Waals surface area (Å²) in [6, 6.07) is 3.99. The third-order valence-electron chi connectivity index (χ3n) is 4.38. The standard InChI is InChI=1S/C18H24N4O3/c1-12-11-22(6-7-24-12)17-5-4-15(9-19-17)10-20-18(23)8-16-13(2)21-25-14(16)3/h4-5,9,12H,6-8,10-11H2,1-3H3,(H,20,23)/t12-/m1/s1. The van der Waals surface area contributed by atoms with Crippen molar-refractivity contribution in [2.75, 3.05) is 24.6 Å². The number of pyridine rings is 1. The van der Waals surface area contributed by atoms with Gasteiger partial charge in [0.25, 0.3) is 0 Å². The Morgan fingerprint density at radius 2 is 2.24 bits per heavy atom. The maximum Gasteiger partial charge on any atom is 0.224 e. The van der Waals surface area contributed by atoms with E-state index in [2.05, 4.69) is 27.3 Å². The number of nitrogens with zero attached hydrogens (tertiary/aromatic N) is 3. The number of carbonyl (C=O) groups excluding carboxylic acids is 1. The molecule has 0 saturated carbocycles. The molecule has 3 rings (SSSR count). The van der Waals surface area contributed by atoms with Crippen molar-refractivity contribution < 1.29 is 14.1 Å². The van der Waals surface area contributed by atoms with Gasteiger partial charge in [0.1, 0.15) is 11.6 Å². The second kappa shape index (κ2) is 7.65. The molecule has 2 aromatic heterocycles. The third kappa shape index (κ3) is 4.36. The van der Waals surface area contributed by atoms with E-state index in [-0.39, 0.29) is 18.4 Å². The summed E-state index contributed by atoms with van der Waals surface area (Å²) >= 11 is 0. The van der Waals surface area contributed by atoms with Crippen LogP contribution in [0.5, 0.6) is 0 Å². The molecule has 25 heavy (non-hydrogen) atoms. The van der Waals surface area contributed by atoms with Gasteiger partial charge in [-0.25, -0.2) is 4.98 Å². The fraction of sp³-hybridized carbons (Fsp3) is 0.500. The van der Waals surface area contributed by atoms with Crippen LogP contribution in [0.2, 0.25) is 0 Å². The number of aryl methyl sites for hydroxylation is 2. The Labute approximate surface area is 147 Å². The highest BCUT2D eigenvalue weighted by molar-refractivity contribution is 5.79. The number of amides is 1. The molecule has 1 saturated heterocycles. The van der Waals surface area contributed by atoms with Crippen LogP contribution >= 0.6 is 0 Å². The van der Waals surface area contributed by atoms with Gasteiger partial charge in [-0.2, -0.15) is 0 Å². The topological polar surface area (TPSA) is 80.5 Å². The van der Waals surface area contributed by atoms with E-state index in [1.165, 1.54) is 0 Å². The minimum Gasteiger partial charge on any atom is -0.375 e. The van der Waals surface area contributed by atoms with Gasteiger partial charge < -0.3 is 19.5 Å². The number of aromatic nitrogens is 2. The van der Waals surface area contributed by atoms with Crippen LogP contribution in [0.1, 0.15) is 29.5 Å². The van der Waals surface area contributed by atoms with Gasteiger partial charge in [0.2, 0.25) is 5.91 Å². The number of hydrogen-bond donors (Lipinski definition) is 1. The molecule has 134 valence electrons. The summed E-state index contributed by atoms with van der Waals surface area (Å²) in [5, 5.41) is 6.78. The molecule has 1 atom stereocenters. The smallest absolute Gasteiger partial charge is 0.224 e. The summed E-state index contributed by atoms with van der Waals surface area (Å²) in [6.07, 6.45) is 2.31. The van der Waals surface area contributed by atoms with Crippen LogP contribution in [0.25, 0.3) is 0 Å². The molecule has 0 aromatic carbocycles. The Kier molecular flexibility index (Phi) is 5.33. The van der Waals surface area contributed by atoms with Crippen LogP contribution in [-0.4, -0.2) is 41.8 Å².